The summed E-state index contributed by atoms with van der Waals surface area (Å²) >= 11 is 0. The van der Waals surface area contributed by atoms with Crippen LogP contribution in [0.15, 0.2) is 30.3 Å². The minimum atomic E-state index is 0.217. The number of carbonyl (C=O) groups is 1. The zero-order valence-corrected chi connectivity index (χ0v) is 12.5. The number of rotatable bonds is 5. The lowest BCUT2D eigenvalue weighted by atomic mass is 9.99. The Kier molecular flexibility index (Phi) is 4.30. The van der Waals surface area contributed by atoms with E-state index < -0.39 is 0 Å². The topological polar surface area (TPSA) is 39.2 Å². The minimum absolute atomic E-state index is 0.217. The largest absolute Gasteiger partial charge is 0.378 e. The van der Waals surface area contributed by atoms with E-state index in [9.17, 15) is 4.79 Å². The van der Waals surface area contributed by atoms with Crippen LogP contribution in [0.1, 0.15) is 48.2 Å². The average molecular weight is 283 g/mol. The van der Waals surface area contributed by atoms with E-state index in [1.807, 2.05) is 37.3 Å². The third kappa shape index (κ3) is 3.30. The van der Waals surface area contributed by atoms with E-state index in [0.717, 1.165) is 54.5 Å². The number of Topliss-reactive ketones (excluding diaryl/α,β-unsaturated/α-hetero) is 1. The fraction of sp³-hybridized carbons (Fsp3) is 0.444. The highest BCUT2D eigenvalue weighted by Gasteiger charge is 2.17. The molecule has 1 saturated heterocycles. The summed E-state index contributed by atoms with van der Waals surface area (Å²) in [6.45, 7) is 2.82. The van der Waals surface area contributed by atoms with Crippen molar-refractivity contribution in [1.29, 1.82) is 0 Å². The number of ketones is 1. The molecule has 1 atom stereocenters. The van der Waals surface area contributed by atoms with Gasteiger partial charge in [-0.05, 0) is 44.7 Å². The molecule has 21 heavy (non-hydrogen) atoms. The number of nitrogens with zero attached hydrogens (tertiary/aromatic N) is 1. The molecule has 0 saturated carbocycles. The monoisotopic (exact) mass is 283 g/mol. The molecule has 1 aromatic heterocycles. The Bertz CT molecular complexity index is 645. The van der Waals surface area contributed by atoms with Crippen LogP contribution in [0.3, 0.4) is 0 Å². The number of carbonyl (C=O) groups excluding carboxylic acids is 1. The van der Waals surface area contributed by atoms with Crippen LogP contribution >= 0.6 is 0 Å². The van der Waals surface area contributed by atoms with Gasteiger partial charge < -0.3 is 4.74 Å². The number of ether oxygens (including phenoxy) is 1. The minimum Gasteiger partial charge on any atom is -0.378 e. The van der Waals surface area contributed by atoms with Gasteiger partial charge in [0.2, 0.25) is 0 Å². The van der Waals surface area contributed by atoms with Crippen LogP contribution in [0.5, 0.6) is 0 Å². The molecular weight excluding hydrogens is 262 g/mol. The fourth-order valence-electron chi connectivity index (χ4n) is 3.04. The van der Waals surface area contributed by atoms with Gasteiger partial charge >= 0.3 is 0 Å². The molecule has 1 fully saturated rings. The lowest BCUT2D eigenvalue weighted by Crippen LogP contribution is -2.07. The van der Waals surface area contributed by atoms with E-state index in [-0.39, 0.29) is 5.78 Å². The van der Waals surface area contributed by atoms with Gasteiger partial charge in [0.15, 0.2) is 5.78 Å². The quantitative estimate of drug-likeness (QED) is 0.776. The molecule has 3 rings (SSSR count). The van der Waals surface area contributed by atoms with Gasteiger partial charge in [-0.15, -0.1) is 0 Å². The maximum absolute atomic E-state index is 12.5. The maximum atomic E-state index is 12.5. The number of para-hydroxylation sites is 1. The van der Waals surface area contributed by atoms with Crippen molar-refractivity contribution in [2.75, 3.05) is 6.61 Å². The predicted octanol–water partition coefficient (Wildman–Crippen LogP) is 4.08. The zero-order chi connectivity index (χ0) is 14.7. The average Bonchev–Trinajstić information content (AvgIpc) is 2.99. The second kappa shape index (κ2) is 6.35. The van der Waals surface area contributed by atoms with E-state index in [0.29, 0.717) is 12.5 Å². The first-order chi connectivity index (χ1) is 10.2. The second-order valence-electron chi connectivity index (χ2n) is 5.78. The molecule has 1 aliphatic heterocycles. The number of aromatic nitrogens is 1. The van der Waals surface area contributed by atoms with E-state index in [4.69, 9.17) is 4.74 Å². The van der Waals surface area contributed by atoms with Gasteiger partial charge in [0.05, 0.1) is 11.6 Å². The zero-order valence-electron chi connectivity index (χ0n) is 12.5. The van der Waals surface area contributed by atoms with Crippen LogP contribution in [0.25, 0.3) is 10.9 Å². The number of fused-ring (bicyclic) bond motifs is 1. The van der Waals surface area contributed by atoms with Gasteiger partial charge in [0.1, 0.15) is 0 Å². The van der Waals surface area contributed by atoms with Crippen LogP contribution in [0.2, 0.25) is 0 Å². The maximum Gasteiger partial charge on any atom is 0.163 e. The highest BCUT2D eigenvalue weighted by Crippen LogP contribution is 2.22. The fourth-order valence-corrected chi connectivity index (χ4v) is 3.04. The van der Waals surface area contributed by atoms with Crippen molar-refractivity contribution in [3.05, 3.63) is 41.6 Å². The van der Waals surface area contributed by atoms with Gasteiger partial charge in [-0.3, -0.25) is 9.78 Å². The molecule has 1 aromatic carbocycles. The summed E-state index contributed by atoms with van der Waals surface area (Å²) in [7, 11) is 0. The Morgan fingerprint density at radius 1 is 1.38 bits per heavy atom. The van der Waals surface area contributed by atoms with Crippen molar-refractivity contribution in [1.82, 2.24) is 4.98 Å². The molecule has 0 spiro atoms. The summed E-state index contributed by atoms with van der Waals surface area (Å²) < 4.78 is 5.61. The Morgan fingerprint density at radius 3 is 3.05 bits per heavy atom. The molecule has 0 bridgehead atoms. The Labute approximate surface area is 125 Å². The van der Waals surface area contributed by atoms with Gasteiger partial charge in [-0.25, -0.2) is 0 Å². The SMILES string of the molecule is Cc1cc(C(=O)CCCC2CCCO2)c2ccccc2n1. The van der Waals surface area contributed by atoms with Crippen molar-refractivity contribution in [2.24, 2.45) is 0 Å². The van der Waals surface area contributed by atoms with Crippen LogP contribution in [-0.4, -0.2) is 23.5 Å². The van der Waals surface area contributed by atoms with E-state index in [1.165, 1.54) is 0 Å². The molecule has 2 aromatic rings. The summed E-state index contributed by atoms with van der Waals surface area (Å²) in [5.41, 5.74) is 2.61. The molecule has 110 valence electrons. The van der Waals surface area contributed by atoms with Crippen molar-refractivity contribution < 1.29 is 9.53 Å². The first kappa shape index (κ1) is 14.2. The third-order valence-electron chi connectivity index (χ3n) is 4.10. The number of pyridine rings is 1. The van der Waals surface area contributed by atoms with E-state index >= 15 is 0 Å². The molecule has 1 aliphatic rings. The number of benzene rings is 1. The van der Waals surface area contributed by atoms with E-state index in [2.05, 4.69) is 4.98 Å². The molecule has 0 aliphatic carbocycles. The molecule has 0 N–H and O–H groups in total. The Hall–Kier alpha value is -1.74. The number of hydrogen-bond donors (Lipinski definition) is 0. The molecule has 0 radical (unpaired) electrons. The smallest absolute Gasteiger partial charge is 0.163 e. The van der Waals surface area contributed by atoms with Gasteiger partial charge in [-0.2, -0.15) is 0 Å². The predicted molar refractivity (Wildman–Crippen MR) is 83.6 cm³/mol. The lowest BCUT2D eigenvalue weighted by Gasteiger charge is -2.10. The van der Waals surface area contributed by atoms with Crippen molar-refractivity contribution in [3.63, 3.8) is 0 Å². The standard InChI is InChI=1S/C18H21NO2/c1-13-12-16(15-8-2-3-9-17(15)19-13)18(20)10-4-6-14-7-5-11-21-14/h2-3,8-9,12,14H,4-7,10-11H2,1H3. The van der Waals surface area contributed by atoms with E-state index in [1.54, 1.807) is 0 Å². The molecular formula is C18H21NO2. The normalized spacial score (nSPS) is 18.2. The highest BCUT2D eigenvalue weighted by molar-refractivity contribution is 6.07. The molecule has 3 nitrogen and oxygen atoms in total. The van der Waals surface area contributed by atoms with Crippen LogP contribution < -0.4 is 0 Å². The Morgan fingerprint density at radius 2 is 2.24 bits per heavy atom. The number of aryl methyl sites for hydroxylation is 1. The number of hydrogen-bond acceptors (Lipinski definition) is 3. The van der Waals surface area contributed by atoms with Crippen LogP contribution in [0, 0.1) is 6.92 Å². The molecule has 1 unspecified atom stereocenters. The summed E-state index contributed by atoms with van der Waals surface area (Å²) in [4.78, 5) is 17.0. The van der Waals surface area contributed by atoms with Crippen molar-refractivity contribution >= 4 is 16.7 Å². The summed E-state index contributed by atoms with van der Waals surface area (Å²) in [5.74, 6) is 0.217. The van der Waals surface area contributed by atoms with Gasteiger partial charge in [-0.1, -0.05) is 18.2 Å². The third-order valence-corrected chi connectivity index (χ3v) is 4.10. The van der Waals surface area contributed by atoms with Crippen LogP contribution in [-0.2, 0) is 4.74 Å². The van der Waals surface area contributed by atoms with Gasteiger partial charge in [0.25, 0.3) is 0 Å². The highest BCUT2D eigenvalue weighted by atomic mass is 16.5. The Balaban J connectivity index is 1.71. The summed E-state index contributed by atoms with van der Waals surface area (Å²) in [5, 5.41) is 0.963. The van der Waals surface area contributed by atoms with Gasteiger partial charge in [0, 0.05) is 29.7 Å². The molecule has 3 heteroatoms. The van der Waals surface area contributed by atoms with Crippen molar-refractivity contribution in [3.8, 4) is 0 Å². The molecule has 0 amide bonds. The van der Waals surface area contributed by atoms with Crippen molar-refractivity contribution in [2.45, 2.75) is 45.1 Å². The summed E-state index contributed by atoms with van der Waals surface area (Å²) in [6, 6.07) is 9.78. The van der Waals surface area contributed by atoms with Crippen LogP contribution in [0.4, 0.5) is 0 Å². The lowest BCUT2D eigenvalue weighted by molar-refractivity contribution is 0.0924. The molecule has 2 heterocycles. The first-order valence-corrected chi connectivity index (χ1v) is 7.75. The first-order valence-electron chi connectivity index (χ1n) is 7.75. The summed E-state index contributed by atoms with van der Waals surface area (Å²) in [6.07, 6.45) is 5.16. The second-order valence-corrected chi connectivity index (χ2v) is 5.78.